The van der Waals surface area contributed by atoms with E-state index in [1.165, 1.54) is 0 Å². The number of nitrogen functional groups attached to an aromatic ring is 1. The monoisotopic (exact) mass is 219 g/mol. The van der Waals surface area contributed by atoms with Crippen molar-refractivity contribution in [2.45, 2.75) is 20.3 Å². The molecule has 1 rings (SSSR count). The predicted octanol–water partition coefficient (Wildman–Crippen LogP) is 2.56. The number of nitrogens with zero attached hydrogens (tertiary/aromatic N) is 2. The van der Waals surface area contributed by atoms with Gasteiger partial charge in [-0.1, -0.05) is 37.0 Å². The molecule has 13 heavy (non-hydrogen) atoms. The zero-order chi connectivity index (χ0) is 10.0. The van der Waals surface area contributed by atoms with Gasteiger partial charge in [0.15, 0.2) is 10.3 Å². The van der Waals surface area contributed by atoms with Crippen LogP contribution in [0.3, 0.4) is 0 Å². The minimum absolute atomic E-state index is 0.232. The van der Waals surface area contributed by atoms with Gasteiger partial charge in [-0.2, -0.15) is 0 Å². The molecule has 0 aliphatic heterocycles. The summed E-state index contributed by atoms with van der Waals surface area (Å²) in [5, 5.41) is 0.464. The zero-order valence-electron chi connectivity index (χ0n) is 7.51. The molecule has 2 N–H and O–H groups in total. The molecule has 1 heterocycles. The summed E-state index contributed by atoms with van der Waals surface area (Å²) in [5.74, 6) is 1.11. The van der Waals surface area contributed by atoms with Crippen molar-refractivity contribution >= 4 is 28.9 Å². The molecule has 0 fully saturated rings. The first-order chi connectivity index (χ1) is 6.00. The van der Waals surface area contributed by atoms with Crippen LogP contribution in [0, 0.1) is 5.92 Å². The number of halogens is 2. The van der Waals surface area contributed by atoms with Crippen LogP contribution in [-0.2, 0) is 6.42 Å². The van der Waals surface area contributed by atoms with Gasteiger partial charge in [-0.05, 0) is 5.92 Å². The van der Waals surface area contributed by atoms with E-state index in [1.54, 1.807) is 0 Å². The summed E-state index contributed by atoms with van der Waals surface area (Å²) in [6.45, 7) is 4.14. The van der Waals surface area contributed by atoms with E-state index in [0.29, 0.717) is 11.7 Å². The SMILES string of the molecule is CC(C)Cc1nc(Cl)c(N)c(Cl)n1. The third kappa shape index (κ3) is 2.71. The Hall–Kier alpha value is -0.540. The summed E-state index contributed by atoms with van der Waals surface area (Å²) in [4.78, 5) is 8.04. The van der Waals surface area contributed by atoms with Crippen LogP contribution >= 0.6 is 23.2 Å². The first-order valence-corrected chi connectivity index (χ1v) is 4.73. The summed E-state index contributed by atoms with van der Waals surface area (Å²) >= 11 is 11.5. The molecule has 0 saturated carbocycles. The number of nitrogens with two attached hydrogens (primary N) is 1. The van der Waals surface area contributed by atoms with Gasteiger partial charge in [0.1, 0.15) is 11.5 Å². The third-order valence-corrected chi connectivity index (χ3v) is 2.07. The molecule has 0 aliphatic carbocycles. The van der Waals surface area contributed by atoms with Gasteiger partial charge in [-0.3, -0.25) is 0 Å². The number of anilines is 1. The van der Waals surface area contributed by atoms with Crippen LogP contribution in [0.2, 0.25) is 10.3 Å². The van der Waals surface area contributed by atoms with Gasteiger partial charge in [0.25, 0.3) is 0 Å². The van der Waals surface area contributed by atoms with Crippen molar-refractivity contribution in [1.82, 2.24) is 9.97 Å². The van der Waals surface area contributed by atoms with Crippen molar-refractivity contribution in [3.05, 3.63) is 16.1 Å². The number of rotatable bonds is 2. The maximum atomic E-state index is 5.74. The summed E-state index contributed by atoms with van der Waals surface area (Å²) in [7, 11) is 0. The van der Waals surface area contributed by atoms with Crippen LogP contribution < -0.4 is 5.73 Å². The fourth-order valence-corrected chi connectivity index (χ4v) is 1.34. The summed E-state index contributed by atoms with van der Waals surface area (Å²) in [6.07, 6.45) is 0.750. The normalized spacial score (nSPS) is 10.8. The molecule has 0 unspecified atom stereocenters. The topological polar surface area (TPSA) is 51.8 Å². The minimum Gasteiger partial charge on any atom is -0.394 e. The molecule has 1 aromatic rings. The highest BCUT2D eigenvalue weighted by atomic mass is 35.5. The quantitative estimate of drug-likeness (QED) is 0.779. The van der Waals surface area contributed by atoms with E-state index in [4.69, 9.17) is 28.9 Å². The van der Waals surface area contributed by atoms with E-state index in [9.17, 15) is 0 Å². The van der Waals surface area contributed by atoms with Crippen LogP contribution in [0.25, 0.3) is 0 Å². The summed E-state index contributed by atoms with van der Waals surface area (Å²) < 4.78 is 0. The van der Waals surface area contributed by atoms with Crippen molar-refractivity contribution in [3.8, 4) is 0 Å². The Morgan fingerprint density at radius 3 is 2.08 bits per heavy atom. The molecule has 0 bridgehead atoms. The number of aromatic nitrogens is 2. The Labute approximate surface area is 87.3 Å². The van der Waals surface area contributed by atoms with E-state index >= 15 is 0 Å². The zero-order valence-corrected chi connectivity index (χ0v) is 9.02. The molecule has 0 aromatic carbocycles. The first-order valence-electron chi connectivity index (χ1n) is 3.98. The van der Waals surface area contributed by atoms with Gasteiger partial charge in [0.2, 0.25) is 0 Å². The predicted molar refractivity (Wildman–Crippen MR) is 55.0 cm³/mol. The van der Waals surface area contributed by atoms with Crippen molar-refractivity contribution < 1.29 is 0 Å². The molecule has 0 aliphatic rings. The van der Waals surface area contributed by atoms with E-state index in [0.717, 1.165) is 6.42 Å². The van der Waals surface area contributed by atoms with E-state index in [2.05, 4.69) is 23.8 Å². The Balaban J connectivity index is 2.99. The third-order valence-electron chi connectivity index (χ3n) is 1.49. The Morgan fingerprint density at radius 2 is 1.69 bits per heavy atom. The van der Waals surface area contributed by atoms with Crippen LogP contribution in [0.1, 0.15) is 19.7 Å². The van der Waals surface area contributed by atoms with Crippen LogP contribution in [0.4, 0.5) is 5.69 Å². The molecular weight excluding hydrogens is 209 g/mol. The standard InChI is InChI=1S/C8H11Cl2N3/c1-4(2)3-5-12-7(9)6(11)8(10)13-5/h4H,3,11H2,1-2H3. The second kappa shape index (κ2) is 4.11. The Bertz CT molecular complexity index is 289. The highest BCUT2D eigenvalue weighted by molar-refractivity contribution is 6.37. The molecule has 0 amide bonds. The van der Waals surface area contributed by atoms with Gasteiger partial charge in [-0.25, -0.2) is 9.97 Å². The summed E-state index contributed by atoms with van der Waals surface area (Å²) in [5.41, 5.74) is 5.74. The van der Waals surface area contributed by atoms with Gasteiger partial charge >= 0.3 is 0 Å². The lowest BCUT2D eigenvalue weighted by Gasteiger charge is -2.05. The molecule has 72 valence electrons. The molecule has 0 spiro atoms. The molecule has 0 atom stereocenters. The minimum atomic E-state index is 0.232. The highest BCUT2D eigenvalue weighted by Gasteiger charge is 2.08. The molecule has 1 aromatic heterocycles. The smallest absolute Gasteiger partial charge is 0.157 e. The molecule has 3 nitrogen and oxygen atoms in total. The lowest BCUT2D eigenvalue weighted by Crippen LogP contribution is -2.03. The lowest BCUT2D eigenvalue weighted by atomic mass is 10.1. The van der Waals surface area contributed by atoms with Crippen molar-refractivity contribution in [3.63, 3.8) is 0 Å². The number of hydrogen-bond donors (Lipinski definition) is 1. The summed E-state index contributed by atoms with van der Waals surface area (Å²) in [6, 6.07) is 0. The van der Waals surface area contributed by atoms with Crippen molar-refractivity contribution in [2.24, 2.45) is 5.92 Å². The lowest BCUT2D eigenvalue weighted by molar-refractivity contribution is 0.621. The molecule has 0 saturated heterocycles. The average Bonchev–Trinajstić information content (AvgIpc) is 1.98. The van der Waals surface area contributed by atoms with Gasteiger partial charge in [0, 0.05) is 6.42 Å². The highest BCUT2D eigenvalue weighted by Crippen LogP contribution is 2.23. The molecule has 0 radical (unpaired) electrons. The largest absolute Gasteiger partial charge is 0.394 e. The molecular formula is C8H11Cl2N3. The Morgan fingerprint density at radius 1 is 1.23 bits per heavy atom. The number of hydrogen-bond acceptors (Lipinski definition) is 3. The van der Waals surface area contributed by atoms with E-state index in [-0.39, 0.29) is 16.0 Å². The maximum absolute atomic E-state index is 5.74. The Kier molecular flexibility index (Phi) is 3.33. The van der Waals surface area contributed by atoms with E-state index in [1.807, 2.05) is 0 Å². The second-order valence-electron chi connectivity index (χ2n) is 3.23. The second-order valence-corrected chi connectivity index (χ2v) is 3.95. The van der Waals surface area contributed by atoms with Crippen LogP contribution in [0.15, 0.2) is 0 Å². The van der Waals surface area contributed by atoms with Crippen molar-refractivity contribution in [2.75, 3.05) is 5.73 Å². The fourth-order valence-electron chi connectivity index (χ4n) is 0.914. The van der Waals surface area contributed by atoms with E-state index < -0.39 is 0 Å². The molecule has 5 heteroatoms. The average molecular weight is 220 g/mol. The van der Waals surface area contributed by atoms with Gasteiger partial charge in [0.05, 0.1) is 0 Å². The van der Waals surface area contributed by atoms with Crippen LogP contribution in [0.5, 0.6) is 0 Å². The fraction of sp³-hybridized carbons (Fsp3) is 0.500. The van der Waals surface area contributed by atoms with Crippen LogP contribution in [-0.4, -0.2) is 9.97 Å². The van der Waals surface area contributed by atoms with Gasteiger partial charge in [-0.15, -0.1) is 0 Å². The van der Waals surface area contributed by atoms with Crippen molar-refractivity contribution in [1.29, 1.82) is 0 Å². The van der Waals surface area contributed by atoms with Gasteiger partial charge < -0.3 is 5.73 Å². The first kappa shape index (κ1) is 10.5. The maximum Gasteiger partial charge on any atom is 0.157 e.